The van der Waals surface area contributed by atoms with E-state index in [1.54, 1.807) is 6.20 Å². The SMILES string of the molecule is CCN(CC)C(=O)c1cccc(-n2c(C)nc3cccnc32)c1. The molecule has 0 spiro atoms. The monoisotopic (exact) mass is 308 g/mol. The predicted octanol–water partition coefficient (Wildman–Crippen LogP) is 3.21. The van der Waals surface area contributed by atoms with Gasteiger partial charge in [-0.2, -0.15) is 0 Å². The molecule has 0 fully saturated rings. The van der Waals surface area contributed by atoms with E-state index in [4.69, 9.17) is 0 Å². The molecule has 0 aliphatic rings. The van der Waals surface area contributed by atoms with Gasteiger partial charge < -0.3 is 4.90 Å². The predicted molar refractivity (Wildman–Crippen MR) is 90.9 cm³/mol. The van der Waals surface area contributed by atoms with Gasteiger partial charge in [-0.3, -0.25) is 9.36 Å². The van der Waals surface area contributed by atoms with Crippen LogP contribution in [0.1, 0.15) is 30.0 Å². The molecular formula is C18H20N4O. The maximum absolute atomic E-state index is 12.6. The van der Waals surface area contributed by atoms with E-state index < -0.39 is 0 Å². The van der Waals surface area contributed by atoms with E-state index >= 15 is 0 Å². The molecule has 1 aromatic carbocycles. The normalized spacial score (nSPS) is 10.9. The Labute approximate surface area is 135 Å². The Bertz CT molecular complexity index is 849. The number of rotatable bonds is 4. The zero-order chi connectivity index (χ0) is 16.4. The molecule has 3 aromatic rings. The number of imidazole rings is 1. The van der Waals surface area contributed by atoms with Gasteiger partial charge in [-0.25, -0.2) is 9.97 Å². The van der Waals surface area contributed by atoms with E-state index in [1.807, 2.05) is 66.6 Å². The average Bonchev–Trinajstić information content (AvgIpc) is 2.91. The highest BCUT2D eigenvalue weighted by Crippen LogP contribution is 2.20. The number of aryl methyl sites for hydroxylation is 1. The first-order chi connectivity index (χ1) is 11.2. The number of nitrogens with zero attached hydrogens (tertiary/aromatic N) is 4. The number of carbonyl (C=O) groups is 1. The molecule has 118 valence electrons. The first-order valence-corrected chi connectivity index (χ1v) is 7.85. The number of hydrogen-bond donors (Lipinski definition) is 0. The summed E-state index contributed by atoms with van der Waals surface area (Å²) in [6, 6.07) is 11.5. The lowest BCUT2D eigenvalue weighted by Gasteiger charge is -2.19. The maximum atomic E-state index is 12.6. The Morgan fingerprint density at radius 1 is 1.17 bits per heavy atom. The summed E-state index contributed by atoms with van der Waals surface area (Å²) in [5.41, 5.74) is 3.24. The first kappa shape index (κ1) is 15.2. The molecule has 0 saturated carbocycles. The largest absolute Gasteiger partial charge is 0.339 e. The van der Waals surface area contributed by atoms with Crippen molar-refractivity contribution in [3.8, 4) is 5.69 Å². The molecule has 2 heterocycles. The van der Waals surface area contributed by atoms with Crippen LogP contribution in [0.3, 0.4) is 0 Å². The number of benzene rings is 1. The van der Waals surface area contributed by atoms with Gasteiger partial charge >= 0.3 is 0 Å². The number of fused-ring (bicyclic) bond motifs is 1. The third kappa shape index (κ3) is 2.70. The third-order valence-electron chi connectivity index (χ3n) is 3.99. The molecule has 0 bridgehead atoms. The quantitative estimate of drug-likeness (QED) is 0.743. The van der Waals surface area contributed by atoms with E-state index in [9.17, 15) is 4.79 Å². The second-order valence-corrected chi connectivity index (χ2v) is 5.37. The highest BCUT2D eigenvalue weighted by molar-refractivity contribution is 5.95. The molecule has 0 atom stereocenters. The fourth-order valence-corrected chi connectivity index (χ4v) is 2.81. The van der Waals surface area contributed by atoms with Crippen molar-refractivity contribution < 1.29 is 4.79 Å². The minimum atomic E-state index is 0.0480. The Kier molecular flexibility index (Phi) is 4.10. The van der Waals surface area contributed by atoms with Gasteiger partial charge in [0.1, 0.15) is 11.3 Å². The topological polar surface area (TPSA) is 51.0 Å². The molecule has 0 N–H and O–H groups in total. The van der Waals surface area contributed by atoms with E-state index in [2.05, 4.69) is 9.97 Å². The minimum absolute atomic E-state index is 0.0480. The van der Waals surface area contributed by atoms with Gasteiger partial charge in [0.05, 0.1) is 0 Å². The summed E-state index contributed by atoms with van der Waals surface area (Å²) in [6.07, 6.45) is 1.75. The Hall–Kier alpha value is -2.69. The fourth-order valence-electron chi connectivity index (χ4n) is 2.81. The van der Waals surface area contributed by atoms with Gasteiger partial charge in [-0.15, -0.1) is 0 Å². The van der Waals surface area contributed by atoms with Crippen LogP contribution in [0, 0.1) is 6.92 Å². The second kappa shape index (κ2) is 6.20. The number of aromatic nitrogens is 3. The summed E-state index contributed by atoms with van der Waals surface area (Å²) < 4.78 is 1.98. The van der Waals surface area contributed by atoms with Crippen molar-refractivity contribution in [1.29, 1.82) is 0 Å². The second-order valence-electron chi connectivity index (χ2n) is 5.37. The van der Waals surface area contributed by atoms with Crippen LogP contribution in [-0.2, 0) is 0 Å². The zero-order valence-electron chi connectivity index (χ0n) is 13.7. The summed E-state index contributed by atoms with van der Waals surface area (Å²) in [6.45, 7) is 7.33. The number of hydrogen-bond acceptors (Lipinski definition) is 3. The van der Waals surface area contributed by atoms with Crippen LogP contribution in [0.4, 0.5) is 0 Å². The van der Waals surface area contributed by atoms with Crippen LogP contribution in [0.5, 0.6) is 0 Å². The Morgan fingerprint density at radius 2 is 1.96 bits per heavy atom. The minimum Gasteiger partial charge on any atom is -0.339 e. The molecule has 0 unspecified atom stereocenters. The first-order valence-electron chi connectivity index (χ1n) is 7.85. The van der Waals surface area contributed by atoms with Crippen molar-refractivity contribution in [2.24, 2.45) is 0 Å². The van der Waals surface area contributed by atoms with Gasteiger partial charge in [-0.1, -0.05) is 6.07 Å². The van der Waals surface area contributed by atoms with Crippen molar-refractivity contribution in [2.45, 2.75) is 20.8 Å². The van der Waals surface area contributed by atoms with Gasteiger partial charge in [0.15, 0.2) is 5.65 Å². The molecule has 1 amide bonds. The van der Waals surface area contributed by atoms with Crippen LogP contribution in [0.15, 0.2) is 42.6 Å². The van der Waals surface area contributed by atoms with Crippen LogP contribution >= 0.6 is 0 Å². The average molecular weight is 308 g/mol. The molecule has 5 heteroatoms. The van der Waals surface area contributed by atoms with Gasteiger partial charge in [0.25, 0.3) is 5.91 Å². The van der Waals surface area contributed by atoms with Crippen molar-refractivity contribution in [3.05, 3.63) is 54.0 Å². The lowest BCUT2D eigenvalue weighted by molar-refractivity contribution is 0.0773. The smallest absolute Gasteiger partial charge is 0.253 e. The number of pyridine rings is 1. The molecule has 0 aliphatic carbocycles. The summed E-state index contributed by atoms with van der Waals surface area (Å²) in [7, 11) is 0. The van der Waals surface area contributed by atoms with E-state index in [1.165, 1.54) is 0 Å². The highest BCUT2D eigenvalue weighted by Gasteiger charge is 2.15. The lowest BCUT2D eigenvalue weighted by atomic mass is 10.1. The summed E-state index contributed by atoms with van der Waals surface area (Å²) in [4.78, 5) is 23.3. The van der Waals surface area contributed by atoms with Gasteiger partial charge in [-0.05, 0) is 51.1 Å². The molecule has 2 aromatic heterocycles. The van der Waals surface area contributed by atoms with Crippen molar-refractivity contribution in [3.63, 3.8) is 0 Å². The standard InChI is InChI=1S/C18H20N4O/c1-4-21(5-2)18(23)14-8-6-9-15(12-14)22-13(3)20-16-10-7-11-19-17(16)22/h6-12H,4-5H2,1-3H3. The molecule has 0 saturated heterocycles. The van der Waals surface area contributed by atoms with Crippen LogP contribution in [-0.4, -0.2) is 38.4 Å². The maximum Gasteiger partial charge on any atom is 0.253 e. The number of carbonyl (C=O) groups excluding carboxylic acids is 1. The van der Waals surface area contributed by atoms with E-state index in [-0.39, 0.29) is 5.91 Å². The molecular weight excluding hydrogens is 288 g/mol. The number of amides is 1. The van der Waals surface area contributed by atoms with Gasteiger partial charge in [0.2, 0.25) is 0 Å². The van der Waals surface area contributed by atoms with Crippen molar-refractivity contribution >= 4 is 17.1 Å². The molecule has 0 aliphatic heterocycles. The lowest BCUT2D eigenvalue weighted by Crippen LogP contribution is -2.30. The highest BCUT2D eigenvalue weighted by atomic mass is 16.2. The Morgan fingerprint density at radius 3 is 2.70 bits per heavy atom. The van der Waals surface area contributed by atoms with E-state index in [0.717, 1.165) is 22.7 Å². The summed E-state index contributed by atoms with van der Waals surface area (Å²) in [5, 5.41) is 0. The van der Waals surface area contributed by atoms with Crippen molar-refractivity contribution in [1.82, 2.24) is 19.4 Å². The van der Waals surface area contributed by atoms with Crippen LogP contribution in [0.2, 0.25) is 0 Å². The van der Waals surface area contributed by atoms with E-state index in [0.29, 0.717) is 18.7 Å². The van der Waals surface area contributed by atoms with Crippen molar-refractivity contribution in [2.75, 3.05) is 13.1 Å². The zero-order valence-corrected chi connectivity index (χ0v) is 13.7. The molecule has 0 radical (unpaired) electrons. The fraction of sp³-hybridized carbons (Fsp3) is 0.278. The molecule has 5 nitrogen and oxygen atoms in total. The third-order valence-corrected chi connectivity index (χ3v) is 3.99. The van der Waals surface area contributed by atoms with Gasteiger partial charge in [0, 0.05) is 30.5 Å². The summed E-state index contributed by atoms with van der Waals surface area (Å²) >= 11 is 0. The van der Waals surface area contributed by atoms with Crippen LogP contribution < -0.4 is 0 Å². The molecule has 3 rings (SSSR count). The molecule has 23 heavy (non-hydrogen) atoms. The Balaban J connectivity index is 2.09. The van der Waals surface area contributed by atoms with Crippen LogP contribution in [0.25, 0.3) is 16.9 Å². The summed E-state index contributed by atoms with van der Waals surface area (Å²) in [5.74, 6) is 0.901.